The van der Waals surface area contributed by atoms with Crippen molar-refractivity contribution in [2.24, 2.45) is 0 Å². The molecule has 130 valence electrons. The number of nitrogens with zero attached hydrogens (tertiary/aromatic N) is 1. The van der Waals surface area contributed by atoms with Crippen LogP contribution in [0.25, 0.3) is 0 Å². The lowest BCUT2D eigenvalue weighted by molar-refractivity contribution is -0.178. The van der Waals surface area contributed by atoms with Gasteiger partial charge < -0.3 is 14.8 Å². The maximum Gasteiger partial charge on any atom is 0.365 e. The summed E-state index contributed by atoms with van der Waals surface area (Å²) in [5, 5.41) is 2.10. The van der Waals surface area contributed by atoms with Gasteiger partial charge in [-0.1, -0.05) is 6.07 Å². The van der Waals surface area contributed by atoms with E-state index in [2.05, 4.69) is 10.1 Å². The third-order valence-corrected chi connectivity index (χ3v) is 3.82. The molecule has 2 bridgehead atoms. The number of hydrogen-bond donors (Lipinski definition) is 2. The number of benzene rings is 1. The second-order valence-electron chi connectivity index (χ2n) is 4.87. The molecule has 0 aliphatic carbocycles. The van der Waals surface area contributed by atoms with E-state index >= 15 is 0 Å². The van der Waals surface area contributed by atoms with Crippen molar-refractivity contribution >= 4 is 28.1 Å². The molecular weight excluding hydrogens is 344 g/mol. The average molecular weight is 358 g/mol. The van der Waals surface area contributed by atoms with Crippen LogP contribution in [0.5, 0.6) is 11.5 Å². The lowest BCUT2D eigenvalue weighted by Gasteiger charge is -2.42. The maximum atomic E-state index is 11.3. The van der Waals surface area contributed by atoms with Crippen LogP contribution in [0.1, 0.15) is 13.8 Å². The number of carbonyl (C=O) groups is 3. The summed E-state index contributed by atoms with van der Waals surface area (Å²) in [6, 6.07) is 6.55. The highest BCUT2D eigenvalue weighted by Gasteiger charge is 2.56. The Balaban J connectivity index is 0.000000242. The highest BCUT2D eigenvalue weighted by molar-refractivity contribution is 7.84. The molecule has 0 unspecified atom stereocenters. The number of carbonyl (C=O) groups excluding carboxylic acids is 3. The smallest absolute Gasteiger partial charge is 0.365 e. The van der Waals surface area contributed by atoms with E-state index in [1.165, 1.54) is 0 Å². The first-order valence-electron chi connectivity index (χ1n) is 6.62. The Hall–Kier alpha value is -2.66. The van der Waals surface area contributed by atoms with E-state index in [1.54, 1.807) is 0 Å². The number of fused-ring (bicyclic) bond motifs is 2. The van der Waals surface area contributed by atoms with Crippen LogP contribution in [0.2, 0.25) is 0 Å². The molecule has 0 radical (unpaired) electrons. The van der Waals surface area contributed by atoms with Crippen LogP contribution in [0.3, 0.4) is 0 Å². The zero-order chi connectivity index (χ0) is 18.1. The van der Waals surface area contributed by atoms with Gasteiger partial charge >= 0.3 is 16.3 Å². The molecule has 3 aliphatic heterocycles. The predicted octanol–water partition coefficient (Wildman–Crippen LogP) is -0.182. The number of esters is 1. The summed E-state index contributed by atoms with van der Waals surface area (Å²) < 4.78 is 39.8. The molecule has 10 nitrogen and oxygen atoms in total. The van der Waals surface area contributed by atoms with E-state index < -0.39 is 40.4 Å². The summed E-state index contributed by atoms with van der Waals surface area (Å²) in [4.78, 5) is 32.8. The molecule has 0 spiro atoms. The van der Waals surface area contributed by atoms with Crippen molar-refractivity contribution in [1.29, 1.82) is 0 Å². The Bertz CT molecular complexity index is 766. The Morgan fingerprint density at radius 3 is 2.12 bits per heavy atom. The van der Waals surface area contributed by atoms with Crippen molar-refractivity contribution in [3.63, 3.8) is 0 Å². The maximum absolute atomic E-state index is 11.3. The largest absolute Gasteiger partial charge is 0.457 e. The minimum atomic E-state index is -4.82. The SMILES string of the molecule is CC(=O)N[C@@H]1C(=O)N(S(=O)(=O)O)[C@H]1OC(C)=O.c1cc2cc(c1)O2. The van der Waals surface area contributed by atoms with Crippen LogP contribution >= 0.6 is 0 Å². The molecule has 1 saturated heterocycles. The van der Waals surface area contributed by atoms with Crippen molar-refractivity contribution in [3.8, 4) is 11.5 Å². The van der Waals surface area contributed by atoms with Crippen molar-refractivity contribution in [1.82, 2.24) is 9.62 Å². The molecule has 0 saturated carbocycles. The molecule has 4 rings (SSSR count). The minimum Gasteiger partial charge on any atom is -0.457 e. The van der Waals surface area contributed by atoms with E-state index in [9.17, 15) is 22.8 Å². The number of hydrogen-bond acceptors (Lipinski definition) is 7. The van der Waals surface area contributed by atoms with E-state index in [4.69, 9.17) is 9.29 Å². The number of rotatable bonds is 3. The molecule has 1 fully saturated rings. The van der Waals surface area contributed by atoms with Gasteiger partial charge in [0.2, 0.25) is 12.1 Å². The molecule has 0 aromatic heterocycles. The Labute approximate surface area is 137 Å². The van der Waals surface area contributed by atoms with Gasteiger partial charge in [0.05, 0.1) is 0 Å². The molecular formula is C13H14N2O8S. The average Bonchev–Trinajstić information content (AvgIpc) is 2.43. The monoisotopic (exact) mass is 358 g/mol. The zero-order valence-corrected chi connectivity index (χ0v) is 13.4. The first-order valence-corrected chi connectivity index (χ1v) is 8.02. The van der Waals surface area contributed by atoms with Gasteiger partial charge in [0.15, 0.2) is 6.04 Å². The molecule has 24 heavy (non-hydrogen) atoms. The van der Waals surface area contributed by atoms with Crippen LogP contribution < -0.4 is 10.1 Å². The van der Waals surface area contributed by atoms with Crippen molar-refractivity contribution in [2.75, 3.05) is 0 Å². The van der Waals surface area contributed by atoms with Gasteiger partial charge in [0.1, 0.15) is 11.5 Å². The van der Waals surface area contributed by atoms with Gasteiger partial charge in [0.25, 0.3) is 5.91 Å². The summed E-state index contributed by atoms with van der Waals surface area (Å²) in [5.41, 5.74) is 0. The normalized spacial score (nSPS) is 20.5. The summed E-state index contributed by atoms with van der Waals surface area (Å²) in [7, 11) is -4.82. The van der Waals surface area contributed by atoms with E-state index in [0.29, 0.717) is 0 Å². The molecule has 1 aromatic rings. The molecule has 3 aliphatic rings. The summed E-state index contributed by atoms with van der Waals surface area (Å²) in [5.74, 6) is -0.564. The third-order valence-electron chi connectivity index (χ3n) is 2.93. The van der Waals surface area contributed by atoms with Gasteiger partial charge in [-0.25, -0.2) is 0 Å². The lowest BCUT2D eigenvalue weighted by Crippen LogP contribution is -2.72. The minimum absolute atomic E-state index is 0.0188. The summed E-state index contributed by atoms with van der Waals surface area (Å²) in [6.45, 7) is 2.10. The fourth-order valence-electron chi connectivity index (χ4n) is 2.00. The van der Waals surface area contributed by atoms with Crippen LogP contribution in [0.4, 0.5) is 0 Å². The van der Waals surface area contributed by atoms with Gasteiger partial charge in [-0.05, 0) is 12.1 Å². The predicted molar refractivity (Wildman–Crippen MR) is 78.1 cm³/mol. The highest BCUT2D eigenvalue weighted by atomic mass is 32.2. The fourth-order valence-corrected chi connectivity index (χ4v) is 2.77. The van der Waals surface area contributed by atoms with E-state index in [1.807, 2.05) is 24.3 Å². The van der Waals surface area contributed by atoms with Crippen LogP contribution in [-0.4, -0.2) is 47.3 Å². The second-order valence-corrected chi connectivity index (χ2v) is 6.16. The topological polar surface area (TPSA) is 139 Å². The van der Waals surface area contributed by atoms with Crippen LogP contribution in [0.15, 0.2) is 24.3 Å². The first kappa shape index (κ1) is 17.7. The molecule has 2 atom stereocenters. The van der Waals surface area contributed by atoms with E-state index in [-0.39, 0.29) is 4.31 Å². The molecule has 11 heteroatoms. The zero-order valence-electron chi connectivity index (χ0n) is 12.6. The van der Waals surface area contributed by atoms with Gasteiger partial charge in [-0.2, -0.15) is 12.7 Å². The molecule has 1 aromatic carbocycles. The van der Waals surface area contributed by atoms with Crippen molar-refractivity contribution < 1.29 is 36.8 Å². The lowest BCUT2D eigenvalue weighted by atomic mass is 10.1. The first-order chi connectivity index (χ1) is 11.1. The standard InChI is InChI=1S/C7H10N2O7S.C6H4O/c1-3(10)8-5-6(12)9(17(13,14)15)7(5)16-4(2)11;1-2-5-4-6(3-1)7-5/h5,7H,1-2H3,(H,8,10)(H,13,14,15);1-4H/t5-,7+;/m1./s1. The summed E-state index contributed by atoms with van der Waals surface area (Å²) >= 11 is 0. The Morgan fingerprint density at radius 1 is 1.29 bits per heavy atom. The highest BCUT2D eigenvalue weighted by Crippen LogP contribution is 2.32. The number of nitrogens with one attached hydrogen (secondary N) is 1. The van der Waals surface area contributed by atoms with Crippen molar-refractivity contribution in [2.45, 2.75) is 26.1 Å². The van der Waals surface area contributed by atoms with Gasteiger partial charge in [-0.3, -0.25) is 18.9 Å². The molecule has 2 amide bonds. The van der Waals surface area contributed by atoms with Gasteiger partial charge in [-0.15, -0.1) is 0 Å². The second kappa shape index (κ2) is 6.45. The fraction of sp³-hybridized carbons (Fsp3) is 0.308. The number of β-lactam (4-membered cyclic amide) rings is 1. The van der Waals surface area contributed by atoms with E-state index in [0.717, 1.165) is 25.3 Å². The Morgan fingerprint density at radius 2 is 1.83 bits per heavy atom. The van der Waals surface area contributed by atoms with Gasteiger partial charge in [0, 0.05) is 19.9 Å². The molecule has 2 N–H and O–H groups in total. The van der Waals surface area contributed by atoms with Crippen LogP contribution in [0, 0.1) is 0 Å². The molecule has 3 heterocycles. The number of amides is 2. The quantitative estimate of drug-likeness (QED) is 0.437. The Kier molecular flexibility index (Phi) is 4.76. The summed E-state index contributed by atoms with van der Waals surface area (Å²) in [6.07, 6.45) is -1.56. The number of ether oxygens (including phenoxy) is 2. The van der Waals surface area contributed by atoms with Crippen molar-refractivity contribution in [3.05, 3.63) is 24.3 Å². The third kappa shape index (κ3) is 3.81. The van der Waals surface area contributed by atoms with Crippen LogP contribution in [-0.2, 0) is 29.4 Å².